The molecule has 1 aromatic rings. The van der Waals surface area contributed by atoms with Crippen molar-refractivity contribution in [3.8, 4) is 0 Å². The monoisotopic (exact) mass is 207 g/mol. The zero-order valence-electron chi connectivity index (χ0n) is 8.26. The average Bonchev–Trinajstić information content (AvgIpc) is 2.65. The Kier molecular flexibility index (Phi) is 2.55. The van der Waals surface area contributed by atoms with Crippen LogP contribution in [0.4, 0.5) is 5.69 Å². The summed E-state index contributed by atoms with van der Waals surface area (Å²) in [4.78, 5) is 17.4. The van der Waals surface area contributed by atoms with Gasteiger partial charge in [-0.05, 0) is 12.5 Å². The summed E-state index contributed by atoms with van der Waals surface area (Å²) in [6, 6.07) is 1.60. The minimum absolute atomic E-state index is 0.155. The molecule has 5 heteroatoms. The predicted molar refractivity (Wildman–Crippen MR) is 55.2 cm³/mol. The molecule has 1 unspecified atom stereocenters. The molecule has 0 bridgehead atoms. The van der Waals surface area contributed by atoms with Crippen LogP contribution < -0.4 is 5.73 Å². The maximum Gasteiger partial charge on any atom is 0.257 e. The number of carbonyl (C=O) groups excluding carboxylic acids is 1. The molecule has 0 saturated carbocycles. The molecule has 5 nitrogen and oxygen atoms in total. The van der Waals surface area contributed by atoms with Gasteiger partial charge < -0.3 is 15.7 Å². The second-order valence-corrected chi connectivity index (χ2v) is 3.66. The van der Waals surface area contributed by atoms with Crippen LogP contribution >= 0.6 is 0 Å². The van der Waals surface area contributed by atoms with Gasteiger partial charge in [0.25, 0.3) is 5.91 Å². The molecule has 0 aromatic carbocycles. The van der Waals surface area contributed by atoms with E-state index in [0.29, 0.717) is 30.8 Å². The number of carbonyl (C=O) groups is 1. The fourth-order valence-electron chi connectivity index (χ4n) is 1.68. The number of aliphatic hydroxyl groups excluding tert-OH is 1. The fourth-order valence-corrected chi connectivity index (χ4v) is 1.68. The van der Waals surface area contributed by atoms with E-state index in [1.54, 1.807) is 17.2 Å². The van der Waals surface area contributed by atoms with E-state index in [-0.39, 0.29) is 5.91 Å². The summed E-state index contributed by atoms with van der Waals surface area (Å²) in [6.07, 6.45) is 3.23. The van der Waals surface area contributed by atoms with Gasteiger partial charge in [-0.3, -0.25) is 9.78 Å². The van der Waals surface area contributed by atoms with Gasteiger partial charge in [-0.1, -0.05) is 0 Å². The number of aliphatic hydroxyl groups is 1. The van der Waals surface area contributed by atoms with E-state index in [0.717, 1.165) is 0 Å². The van der Waals surface area contributed by atoms with Crippen LogP contribution in [0.15, 0.2) is 18.5 Å². The van der Waals surface area contributed by atoms with E-state index >= 15 is 0 Å². The molecule has 2 heterocycles. The maximum atomic E-state index is 11.9. The standard InChI is InChI=1S/C10H13N3O2/c11-9-1-3-12-5-8(9)10(15)13-4-2-7(14)6-13/h1,3,5,7,14H,2,4,6H2,(H2,11,12). The number of rotatable bonds is 1. The Balaban J connectivity index is 2.18. The van der Waals surface area contributed by atoms with E-state index in [2.05, 4.69) is 4.98 Å². The summed E-state index contributed by atoms with van der Waals surface area (Å²) in [7, 11) is 0. The third-order valence-electron chi connectivity index (χ3n) is 2.54. The van der Waals surface area contributed by atoms with Gasteiger partial charge in [0.15, 0.2) is 0 Å². The molecule has 1 amide bonds. The maximum absolute atomic E-state index is 11.9. The van der Waals surface area contributed by atoms with Crippen molar-refractivity contribution in [2.75, 3.05) is 18.8 Å². The smallest absolute Gasteiger partial charge is 0.257 e. The number of nitrogen functional groups attached to an aromatic ring is 1. The number of likely N-dealkylation sites (tertiary alicyclic amines) is 1. The summed E-state index contributed by atoms with van der Waals surface area (Å²) < 4.78 is 0. The summed E-state index contributed by atoms with van der Waals surface area (Å²) in [5, 5.41) is 9.32. The number of nitrogens with zero attached hydrogens (tertiary/aromatic N) is 2. The van der Waals surface area contributed by atoms with Gasteiger partial charge >= 0.3 is 0 Å². The van der Waals surface area contributed by atoms with Crippen LogP contribution in [0.1, 0.15) is 16.8 Å². The number of β-amino-alcohol motifs (C(OH)–C–C–N with tert-alkyl or cyclic N) is 1. The van der Waals surface area contributed by atoms with Gasteiger partial charge in [0.2, 0.25) is 0 Å². The van der Waals surface area contributed by atoms with Gasteiger partial charge in [0.1, 0.15) is 0 Å². The van der Waals surface area contributed by atoms with E-state index in [4.69, 9.17) is 5.73 Å². The van der Waals surface area contributed by atoms with Crippen molar-refractivity contribution in [1.29, 1.82) is 0 Å². The lowest BCUT2D eigenvalue weighted by Crippen LogP contribution is -2.30. The Bertz CT molecular complexity index is 381. The summed E-state index contributed by atoms with van der Waals surface area (Å²) in [5.41, 5.74) is 6.51. The van der Waals surface area contributed by atoms with Crippen molar-refractivity contribution in [1.82, 2.24) is 9.88 Å². The first-order valence-corrected chi connectivity index (χ1v) is 4.85. The molecule has 0 aliphatic carbocycles. The molecule has 1 aromatic heterocycles. The van der Waals surface area contributed by atoms with Gasteiger partial charge in [0, 0.05) is 31.2 Å². The molecular weight excluding hydrogens is 194 g/mol. The van der Waals surface area contributed by atoms with Crippen LogP contribution in [0.3, 0.4) is 0 Å². The molecule has 1 aliphatic heterocycles. The number of anilines is 1. The van der Waals surface area contributed by atoms with Crippen molar-refractivity contribution >= 4 is 11.6 Å². The van der Waals surface area contributed by atoms with Crippen LogP contribution in [0, 0.1) is 0 Å². The minimum atomic E-state index is -0.410. The SMILES string of the molecule is Nc1ccncc1C(=O)N1CCC(O)C1. The fraction of sp³-hybridized carbons (Fsp3) is 0.400. The topological polar surface area (TPSA) is 79.5 Å². The van der Waals surface area contributed by atoms with Crippen molar-refractivity contribution in [3.63, 3.8) is 0 Å². The summed E-state index contributed by atoms with van der Waals surface area (Å²) >= 11 is 0. The zero-order valence-corrected chi connectivity index (χ0v) is 8.26. The molecule has 1 fully saturated rings. The van der Waals surface area contributed by atoms with Crippen LogP contribution in [0.25, 0.3) is 0 Å². The Morgan fingerprint density at radius 1 is 1.67 bits per heavy atom. The van der Waals surface area contributed by atoms with Crippen LogP contribution in [-0.4, -0.2) is 40.1 Å². The van der Waals surface area contributed by atoms with E-state index in [9.17, 15) is 9.90 Å². The van der Waals surface area contributed by atoms with Gasteiger partial charge in [-0.15, -0.1) is 0 Å². The highest BCUT2D eigenvalue weighted by atomic mass is 16.3. The molecule has 2 rings (SSSR count). The average molecular weight is 207 g/mol. The molecule has 0 radical (unpaired) electrons. The molecular formula is C10H13N3O2. The molecule has 1 saturated heterocycles. The Morgan fingerprint density at radius 2 is 2.47 bits per heavy atom. The minimum Gasteiger partial charge on any atom is -0.398 e. The zero-order chi connectivity index (χ0) is 10.8. The Hall–Kier alpha value is -1.62. The highest BCUT2D eigenvalue weighted by Crippen LogP contribution is 2.16. The van der Waals surface area contributed by atoms with Crippen molar-refractivity contribution < 1.29 is 9.90 Å². The van der Waals surface area contributed by atoms with Crippen LogP contribution in [0.2, 0.25) is 0 Å². The van der Waals surface area contributed by atoms with Crippen molar-refractivity contribution in [2.24, 2.45) is 0 Å². The third-order valence-corrected chi connectivity index (χ3v) is 2.54. The van der Waals surface area contributed by atoms with Gasteiger partial charge in [0.05, 0.1) is 11.7 Å². The highest BCUT2D eigenvalue weighted by Gasteiger charge is 2.26. The van der Waals surface area contributed by atoms with E-state index in [1.807, 2.05) is 0 Å². The van der Waals surface area contributed by atoms with E-state index < -0.39 is 6.10 Å². The first-order chi connectivity index (χ1) is 7.18. The number of hydrogen-bond acceptors (Lipinski definition) is 4. The highest BCUT2D eigenvalue weighted by molar-refractivity contribution is 5.98. The molecule has 80 valence electrons. The number of amides is 1. The Labute approximate surface area is 87.5 Å². The lowest BCUT2D eigenvalue weighted by Gasteiger charge is -2.16. The molecule has 3 N–H and O–H groups in total. The summed E-state index contributed by atoms with van der Waals surface area (Å²) in [5.74, 6) is -0.155. The van der Waals surface area contributed by atoms with Crippen LogP contribution in [-0.2, 0) is 0 Å². The number of aromatic nitrogens is 1. The first kappa shape index (κ1) is 9.92. The second-order valence-electron chi connectivity index (χ2n) is 3.66. The first-order valence-electron chi connectivity index (χ1n) is 4.85. The largest absolute Gasteiger partial charge is 0.398 e. The molecule has 15 heavy (non-hydrogen) atoms. The predicted octanol–water partition coefficient (Wildman–Crippen LogP) is -0.129. The molecule has 1 atom stereocenters. The third kappa shape index (κ3) is 1.92. The Morgan fingerprint density at radius 3 is 3.07 bits per heavy atom. The van der Waals surface area contributed by atoms with E-state index in [1.165, 1.54) is 6.20 Å². The molecule has 0 spiro atoms. The summed E-state index contributed by atoms with van der Waals surface area (Å²) in [6.45, 7) is 0.960. The van der Waals surface area contributed by atoms with Gasteiger partial charge in [-0.25, -0.2) is 0 Å². The van der Waals surface area contributed by atoms with Crippen molar-refractivity contribution in [3.05, 3.63) is 24.0 Å². The number of hydrogen-bond donors (Lipinski definition) is 2. The second kappa shape index (κ2) is 3.86. The quantitative estimate of drug-likeness (QED) is 0.672. The van der Waals surface area contributed by atoms with Crippen molar-refractivity contribution in [2.45, 2.75) is 12.5 Å². The molecule has 1 aliphatic rings. The van der Waals surface area contributed by atoms with Gasteiger partial charge in [-0.2, -0.15) is 0 Å². The number of nitrogens with two attached hydrogens (primary N) is 1. The normalized spacial score (nSPS) is 20.6. The lowest BCUT2D eigenvalue weighted by atomic mass is 10.2. The lowest BCUT2D eigenvalue weighted by molar-refractivity contribution is 0.0765. The number of pyridine rings is 1. The van der Waals surface area contributed by atoms with Crippen LogP contribution in [0.5, 0.6) is 0 Å².